The first-order valence-electron chi connectivity index (χ1n) is 13.4. The summed E-state index contributed by atoms with van der Waals surface area (Å²) in [4.78, 5) is 0. The molecular formula is C30H44O4S. The maximum atomic E-state index is 12.0. The zero-order chi connectivity index (χ0) is 25.9. The van der Waals surface area contributed by atoms with Crippen LogP contribution in [0.3, 0.4) is 0 Å². The molecular weight excluding hydrogens is 456 g/mol. The zero-order valence-corrected chi connectivity index (χ0v) is 23.3. The second kappa shape index (κ2) is 11.0. The van der Waals surface area contributed by atoms with E-state index in [0.717, 1.165) is 50.5 Å². The largest absolute Gasteiger partial charge is 0.390 e. The van der Waals surface area contributed by atoms with Gasteiger partial charge < -0.3 is 9.29 Å². The summed E-state index contributed by atoms with van der Waals surface area (Å²) in [5, 5.41) is 11.2. The molecule has 5 heteroatoms. The van der Waals surface area contributed by atoms with Crippen LogP contribution < -0.4 is 4.18 Å². The third-order valence-electron chi connectivity index (χ3n) is 8.56. The number of aryl methyl sites for hydroxylation is 2. The van der Waals surface area contributed by atoms with Gasteiger partial charge in [-0.3, -0.25) is 0 Å². The highest BCUT2D eigenvalue weighted by atomic mass is 32.2. The van der Waals surface area contributed by atoms with E-state index in [0.29, 0.717) is 5.75 Å². The van der Waals surface area contributed by atoms with Gasteiger partial charge in [0.2, 0.25) is 0 Å². The van der Waals surface area contributed by atoms with Gasteiger partial charge in [-0.05, 0) is 92.7 Å². The summed E-state index contributed by atoms with van der Waals surface area (Å²) in [6.07, 6.45) is 8.09. The van der Waals surface area contributed by atoms with Gasteiger partial charge in [-0.25, -0.2) is 0 Å². The normalized spacial score (nSPS) is 17.2. The molecule has 0 heterocycles. The molecule has 0 spiro atoms. The van der Waals surface area contributed by atoms with E-state index >= 15 is 0 Å². The SMILES string of the molecule is CCC(CC)(c1ccc(CC(C)C2(O)CCCCC2)c(C)c1)c1ccc(OS(=O)(=O)CC)c(C)c1. The van der Waals surface area contributed by atoms with E-state index in [9.17, 15) is 13.5 Å². The molecule has 1 aliphatic carbocycles. The molecule has 4 nitrogen and oxygen atoms in total. The molecule has 0 aliphatic heterocycles. The number of rotatable bonds is 10. The fraction of sp³-hybridized carbons (Fsp3) is 0.600. The van der Waals surface area contributed by atoms with E-state index in [2.05, 4.69) is 52.0 Å². The van der Waals surface area contributed by atoms with E-state index in [1.807, 2.05) is 13.0 Å². The van der Waals surface area contributed by atoms with Gasteiger partial charge in [0.05, 0.1) is 11.4 Å². The molecule has 0 amide bonds. The van der Waals surface area contributed by atoms with Crippen molar-refractivity contribution in [1.82, 2.24) is 0 Å². The number of benzene rings is 2. The Hall–Kier alpha value is -1.85. The van der Waals surface area contributed by atoms with Gasteiger partial charge in [-0.2, -0.15) is 8.42 Å². The van der Waals surface area contributed by atoms with Crippen LogP contribution in [-0.2, 0) is 22.0 Å². The first-order chi connectivity index (χ1) is 16.5. The van der Waals surface area contributed by atoms with Gasteiger partial charge in [-0.1, -0.05) is 70.4 Å². The summed E-state index contributed by atoms with van der Waals surface area (Å²) in [6, 6.07) is 12.7. The molecule has 1 atom stereocenters. The van der Waals surface area contributed by atoms with Gasteiger partial charge in [0.25, 0.3) is 0 Å². The molecule has 1 unspecified atom stereocenters. The summed E-state index contributed by atoms with van der Waals surface area (Å²) < 4.78 is 29.2. The Bertz CT molecular complexity index is 1110. The lowest BCUT2D eigenvalue weighted by atomic mass is 9.69. The Balaban J connectivity index is 1.91. The molecule has 0 aromatic heterocycles. The molecule has 194 valence electrons. The van der Waals surface area contributed by atoms with Crippen molar-refractivity contribution >= 4 is 10.1 Å². The van der Waals surface area contributed by atoms with Crippen molar-refractivity contribution in [2.24, 2.45) is 5.92 Å². The highest BCUT2D eigenvalue weighted by Gasteiger charge is 2.36. The van der Waals surface area contributed by atoms with Crippen LogP contribution in [-0.4, -0.2) is 24.9 Å². The molecule has 0 radical (unpaired) electrons. The quantitative estimate of drug-likeness (QED) is 0.356. The third kappa shape index (κ3) is 5.94. The molecule has 35 heavy (non-hydrogen) atoms. The Morgan fingerprint density at radius 3 is 2.03 bits per heavy atom. The minimum atomic E-state index is -3.56. The average molecular weight is 501 g/mol. The van der Waals surface area contributed by atoms with E-state index < -0.39 is 15.7 Å². The Kier molecular flexibility index (Phi) is 8.75. The van der Waals surface area contributed by atoms with E-state index in [1.165, 1.54) is 28.7 Å². The number of hydrogen-bond acceptors (Lipinski definition) is 4. The second-order valence-corrected chi connectivity index (χ2v) is 12.5. The van der Waals surface area contributed by atoms with Crippen LogP contribution in [0, 0.1) is 19.8 Å². The predicted octanol–water partition coefficient (Wildman–Crippen LogP) is 7.01. The fourth-order valence-corrected chi connectivity index (χ4v) is 6.45. The lowest BCUT2D eigenvalue weighted by Gasteiger charge is -2.38. The number of hydrogen-bond donors (Lipinski definition) is 1. The molecule has 1 aliphatic rings. The van der Waals surface area contributed by atoms with Crippen molar-refractivity contribution in [3.63, 3.8) is 0 Å². The van der Waals surface area contributed by atoms with Crippen LogP contribution in [0.4, 0.5) is 0 Å². The van der Waals surface area contributed by atoms with Crippen molar-refractivity contribution < 1.29 is 17.7 Å². The Labute approximate surface area is 213 Å². The number of aliphatic hydroxyl groups is 1. The monoisotopic (exact) mass is 500 g/mol. The van der Waals surface area contributed by atoms with E-state index in [1.54, 1.807) is 13.0 Å². The molecule has 1 saturated carbocycles. The highest BCUT2D eigenvalue weighted by molar-refractivity contribution is 7.87. The summed E-state index contributed by atoms with van der Waals surface area (Å²) in [5.74, 6) is 0.589. The zero-order valence-electron chi connectivity index (χ0n) is 22.5. The topological polar surface area (TPSA) is 63.6 Å². The molecule has 0 bridgehead atoms. The van der Waals surface area contributed by atoms with Gasteiger partial charge in [0, 0.05) is 5.41 Å². The van der Waals surface area contributed by atoms with Crippen LogP contribution in [0.15, 0.2) is 36.4 Å². The molecule has 2 aromatic rings. The summed E-state index contributed by atoms with van der Waals surface area (Å²) in [6.45, 7) is 12.3. The van der Waals surface area contributed by atoms with E-state index in [4.69, 9.17) is 4.18 Å². The van der Waals surface area contributed by atoms with Crippen LogP contribution in [0.2, 0.25) is 0 Å². The van der Waals surface area contributed by atoms with Crippen LogP contribution >= 0.6 is 0 Å². The summed E-state index contributed by atoms with van der Waals surface area (Å²) >= 11 is 0. The fourth-order valence-electron chi connectivity index (χ4n) is 5.87. The van der Waals surface area contributed by atoms with Crippen molar-refractivity contribution in [2.45, 2.75) is 104 Å². The van der Waals surface area contributed by atoms with Crippen molar-refractivity contribution in [1.29, 1.82) is 0 Å². The lowest BCUT2D eigenvalue weighted by molar-refractivity contribution is -0.0429. The molecule has 3 rings (SSSR count). The molecule has 1 N–H and O–H groups in total. The first-order valence-corrected chi connectivity index (χ1v) is 14.9. The average Bonchev–Trinajstić information content (AvgIpc) is 2.83. The molecule has 1 fully saturated rings. The summed E-state index contributed by atoms with van der Waals surface area (Å²) in [7, 11) is -3.56. The van der Waals surface area contributed by atoms with Crippen LogP contribution in [0.5, 0.6) is 5.75 Å². The van der Waals surface area contributed by atoms with Gasteiger partial charge in [-0.15, -0.1) is 0 Å². The minimum Gasteiger partial charge on any atom is -0.390 e. The summed E-state index contributed by atoms with van der Waals surface area (Å²) in [5.41, 5.74) is 5.17. The predicted molar refractivity (Wildman–Crippen MR) is 145 cm³/mol. The molecule has 0 saturated heterocycles. The maximum absolute atomic E-state index is 12.0. The van der Waals surface area contributed by atoms with Crippen LogP contribution in [0.1, 0.15) is 100 Å². The van der Waals surface area contributed by atoms with Crippen LogP contribution in [0.25, 0.3) is 0 Å². The standard InChI is InChI=1S/C30H44O4S/c1-7-29(8-2,27-15-16-28(23(5)20-27)34-35(32,33)9-3)26-14-13-25(22(4)19-26)21-24(6)30(31)17-11-10-12-18-30/h13-16,19-20,24,31H,7-12,17-18,21H2,1-6H3. The second-order valence-electron chi connectivity index (χ2n) is 10.6. The van der Waals surface area contributed by atoms with Gasteiger partial charge >= 0.3 is 10.1 Å². The maximum Gasteiger partial charge on any atom is 0.308 e. The smallest absolute Gasteiger partial charge is 0.308 e. The first kappa shape index (κ1) is 27.7. The third-order valence-corrected chi connectivity index (χ3v) is 9.70. The minimum absolute atomic E-state index is 0.0519. The van der Waals surface area contributed by atoms with Gasteiger partial charge in [0.15, 0.2) is 0 Å². The van der Waals surface area contributed by atoms with Crippen molar-refractivity contribution in [3.05, 3.63) is 64.2 Å². The Morgan fingerprint density at radius 2 is 1.51 bits per heavy atom. The highest BCUT2D eigenvalue weighted by Crippen LogP contribution is 2.42. The van der Waals surface area contributed by atoms with Crippen molar-refractivity contribution in [3.8, 4) is 5.75 Å². The Morgan fingerprint density at radius 1 is 0.943 bits per heavy atom. The van der Waals surface area contributed by atoms with Gasteiger partial charge in [0.1, 0.15) is 5.75 Å². The lowest BCUT2D eigenvalue weighted by Crippen LogP contribution is -2.39. The molecule has 2 aromatic carbocycles. The van der Waals surface area contributed by atoms with Crippen molar-refractivity contribution in [2.75, 3.05) is 5.75 Å². The van der Waals surface area contributed by atoms with E-state index in [-0.39, 0.29) is 17.1 Å².